The highest BCUT2D eigenvalue weighted by atomic mass is 79.9. The maximum absolute atomic E-state index is 5.54. The van der Waals surface area contributed by atoms with Crippen molar-refractivity contribution >= 4 is 31.9 Å². The van der Waals surface area contributed by atoms with E-state index in [1.54, 1.807) is 0 Å². The summed E-state index contributed by atoms with van der Waals surface area (Å²) >= 11 is 6.74. The number of nitrogens with one attached hydrogen (secondary N) is 1. The second-order valence-electron chi connectivity index (χ2n) is 4.67. The van der Waals surface area contributed by atoms with Gasteiger partial charge in [-0.2, -0.15) is 0 Å². The number of hydrogen-bond donors (Lipinski definition) is 1. The molecule has 2 aromatic heterocycles. The molecule has 0 saturated heterocycles. The van der Waals surface area contributed by atoms with E-state index in [1.165, 1.54) is 6.42 Å². The lowest BCUT2D eigenvalue weighted by atomic mass is 10.3. The van der Waals surface area contributed by atoms with Gasteiger partial charge in [-0.05, 0) is 51.3 Å². The summed E-state index contributed by atoms with van der Waals surface area (Å²) in [5.41, 5.74) is 0. The summed E-state index contributed by atoms with van der Waals surface area (Å²) in [4.78, 5) is 0. The van der Waals surface area contributed by atoms with Gasteiger partial charge in [-0.25, -0.2) is 0 Å². The van der Waals surface area contributed by atoms with E-state index in [2.05, 4.69) is 58.9 Å². The van der Waals surface area contributed by atoms with Crippen LogP contribution < -0.4 is 5.32 Å². The molecule has 3 rings (SSSR count). The zero-order valence-electron chi connectivity index (χ0n) is 10.5. The van der Waals surface area contributed by atoms with Crippen LogP contribution in [0.3, 0.4) is 0 Å². The average molecular weight is 390 g/mol. The predicted molar refractivity (Wildman–Crippen MR) is 77.7 cm³/mol. The molecular weight excluding hydrogens is 376 g/mol. The van der Waals surface area contributed by atoms with Gasteiger partial charge in [0.25, 0.3) is 0 Å². The van der Waals surface area contributed by atoms with Gasteiger partial charge in [0.2, 0.25) is 0 Å². The van der Waals surface area contributed by atoms with Gasteiger partial charge in [-0.1, -0.05) is 0 Å². The number of aryl methyl sites for hydroxylation is 1. The van der Waals surface area contributed by atoms with E-state index in [0.29, 0.717) is 6.54 Å². The van der Waals surface area contributed by atoms with Gasteiger partial charge in [-0.3, -0.25) is 0 Å². The molecule has 1 unspecified atom stereocenters. The molecule has 19 heavy (non-hydrogen) atoms. The summed E-state index contributed by atoms with van der Waals surface area (Å²) < 4.78 is 9.41. The van der Waals surface area contributed by atoms with Gasteiger partial charge in [0.05, 0.1) is 17.1 Å². The fraction of sp³-hybridized carbons (Fsp3) is 0.500. The highest BCUT2D eigenvalue weighted by Gasteiger charge is 2.21. The van der Waals surface area contributed by atoms with Crippen LogP contribution >= 0.6 is 31.9 Å². The van der Waals surface area contributed by atoms with Gasteiger partial charge in [0, 0.05) is 13.0 Å². The normalized spacial score (nSPS) is 15.7. The third kappa shape index (κ3) is 2.64. The zero-order chi connectivity index (χ0) is 13.4. The van der Waals surface area contributed by atoms with Crippen molar-refractivity contribution in [1.29, 1.82) is 0 Å². The fourth-order valence-corrected chi connectivity index (χ4v) is 2.98. The third-order valence-corrected chi connectivity index (χ3v) is 5.01. The fourth-order valence-electron chi connectivity index (χ4n) is 2.32. The van der Waals surface area contributed by atoms with Crippen molar-refractivity contribution in [2.75, 3.05) is 0 Å². The maximum Gasteiger partial charge on any atom is 0.183 e. The van der Waals surface area contributed by atoms with E-state index in [9.17, 15) is 0 Å². The average Bonchev–Trinajstić information content (AvgIpc) is 3.03. The number of fused-ring (bicyclic) bond motifs is 1. The van der Waals surface area contributed by atoms with Crippen molar-refractivity contribution in [2.45, 2.75) is 38.9 Å². The van der Waals surface area contributed by atoms with Crippen LogP contribution in [0.25, 0.3) is 0 Å². The highest BCUT2D eigenvalue weighted by molar-refractivity contribution is 9.13. The summed E-state index contributed by atoms with van der Waals surface area (Å²) in [6.45, 7) is 3.79. The first-order valence-electron chi connectivity index (χ1n) is 6.24. The minimum atomic E-state index is 0.155. The number of rotatable bonds is 4. The summed E-state index contributed by atoms with van der Waals surface area (Å²) in [6, 6.07) is 2.11. The molecule has 5 nitrogen and oxygen atoms in total. The van der Waals surface area contributed by atoms with E-state index in [1.807, 2.05) is 6.07 Å². The molecule has 7 heteroatoms. The van der Waals surface area contributed by atoms with Crippen molar-refractivity contribution in [3.8, 4) is 0 Å². The third-order valence-electron chi connectivity index (χ3n) is 3.30. The molecule has 1 aliphatic heterocycles. The summed E-state index contributed by atoms with van der Waals surface area (Å²) in [5.74, 6) is 3.00. The molecule has 1 aliphatic rings. The molecule has 0 amide bonds. The van der Waals surface area contributed by atoms with Crippen LogP contribution in [-0.2, 0) is 19.5 Å². The summed E-state index contributed by atoms with van der Waals surface area (Å²) in [6.07, 6.45) is 2.21. The van der Waals surface area contributed by atoms with Crippen LogP contribution in [0.15, 0.2) is 19.6 Å². The Bertz CT molecular complexity index is 573. The van der Waals surface area contributed by atoms with E-state index in [4.69, 9.17) is 4.42 Å². The summed E-state index contributed by atoms with van der Waals surface area (Å²) in [5, 5.41) is 11.9. The first-order valence-corrected chi connectivity index (χ1v) is 7.83. The van der Waals surface area contributed by atoms with Gasteiger partial charge >= 0.3 is 0 Å². The molecule has 0 radical (unpaired) electrons. The quantitative estimate of drug-likeness (QED) is 0.872. The van der Waals surface area contributed by atoms with Gasteiger partial charge in [0.1, 0.15) is 17.4 Å². The Kier molecular flexibility index (Phi) is 3.77. The summed E-state index contributed by atoms with van der Waals surface area (Å²) in [7, 11) is 0. The number of furan rings is 1. The van der Waals surface area contributed by atoms with Crippen LogP contribution in [-0.4, -0.2) is 14.8 Å². The van der Waals surface area contributed by atoms with Gasteiger partial charge in [-0.15, -0.1) is 10.2 Å². The molecule has 0 fully saturated rings. The van der Waals surface area contributed by atoms with E-state index in [0.717, 1.165) is 39.5 Å². The molecule has 0 spiro atoms. The lowest BCUT2D eigenvalue weighted by molar-refractivity contribution is 0.434. The molecule has 0 aliphatic carbocycles. The lowest BCUT2D eigenvalue weighted by Crippen LogP contribution is -2.21. The molecule has 102 valence electrons. The highest BCUT2D eigenvalue weighted by Crippen LogP contribution is 2.27. The SMILES string of the molecule is CC(NCc1cc(Br)c(Br)o1)c1nnc2n1CCC2. The van der Waals surface area contributed by atoms with Crippen LogP contribution in [0, 0.1) is 0 Å². The Hall–Kier alpha value is -0.660. The second-order valence-corrected chi connectivity index (χ2v) is 6.24. The van der Waals surface area contributed by atoms with E-state index < -0.39 is 0 Å². The van der Waals surface area contributed by atoms with Crippen molar-refractivity contribution in [3.63, 3.8) is 0 Å². The molecular formula is C12H14Br2N4O. The first-order chi connectivity index (χ1) is 9.15. The van der Waals surface area contributed by atoms with Gasteiger partial charge in [0.15, 0.2) is 4.67 Å². The first kappa shape index (κ1) is 13.3. The zero-order valence-corrected chi connectivity index (χ0v) is 13.7. The van der Waals surface area contributed by atoms with E-state index in [-0.39, 0.29) is 6.04 Å². The monoisotopic (exact) mass is 388 g/mol. The minimum Gasteiger partial charge on any atom is -0.452 e. The Morgan fingerprint density at radius 2 is 2.32 bits per heavy atom. The van der Waals surface area contributed by atoms with Crippen molar-refractivity contribution in [2.24, 2.45) is 0 Å². The number of aromatic nitrogens is 3. The lowest BCUT2D eigenvalue weighted by Gasteiger charge is -2.12. The smallest absolute Gasteiger partial charge is 0.183 e. The Labute approximate surface area is 128 Å². The standard InChI is InChI=1S/C12H14Br2N4O/c1-7(12-17-16-10-3-2-4-18(10)12)15-6-8-5-9(13)11(14)19-8/h5,7,15H,2-4,6H2,1H3. The van der Waals surface area contributed by atoms with E-state index >= 15 is 0 Å². The number of halogens is 2. The molecule has 1 atom stereocenters. The molecule has 3 heterocycles. The van der Waals surface area contributed by atoms with Crippen molar-refractivity contribution < 1.29 is 4.42 Å². The second kappa shape index (κ2) is 5.38. The molecule has 0 aromatic carbocycles. The molecule has 0 saturated carbocycles. The Morgan fingerprint density at radius 1 is 1.47 bits per heavy atom. The van der Waals surface area contributed by atoms with Crippen LogP contribution in [0.5, 0.6) is 0 Å². The van der Waals surface area contributed by atoms with Crippen LogP contribution in [0.4, 0.5) is 0 Å². The largest absolute Gasteiger partial charge is 0.452 e. The Balaban J connectivity index is 1.66. The molecule has 1 N–H and O–H groups in total. The predicted octanol–water partition coefficient (Wildman–Crippen LogP) is 3.19. The maximum atomic E-state index is 5.54. The van der Waals surface area contributed by atoms with Crippen molar-refractivity contribution in [1.82, 2.24) is 20.1 Å². The molecule has 0 bridgehead atoms. The number of nitrogens with zero attached hydrogens (tertiary/aromatic N) is 3. The Morgan fingerprint density at radius 3 is 3.05 bits per heavy atom. The molecule has 2 aromatic rings. The minimum absolute atomic E-state index is 0.155. The topological polar surface area (TPSA) is 55.9 Å². The van der Waals surface area contributed by atoms with Crippen LogP contribution in [0.2, 0.25) is 0 Å². The van der Waals surface area contributed by atoms with Gasteiger partial charge < -0.3 is 14.3 Å². The van der Waals surface area contributed by atoms with Crippen molar-refractivity contribution in [3.05, 3.63) is 32.6 Å². The number of hydrogen-bond acceptors (Lipinski definition) is 4. The van der Waals surface area contributed by atoms with Crippen LogP contribution in [0.1, 0.15) is 36.8 Å².